The first-order valence-corrected chi connectivity index (χ1v) is 7.09. The van der Waals surface area contributed by atoms with Crippen LogP contribution >= 0.6 is 0 Å². The molecule has 6 nitrogen and oxygen atoms in total. The molecule has 3 aliphatic rings. The Morgan fingerprint density at radius 3 is 2.57 bits per heavy atom. The van der Waals surface area contributed by atoms with Crippen LogP contribution in [0.5, 0.6) is 0 Å². The van der Waals surface area contributed by atoms with Crippen LogP contribution in [0.3, 0.4) is 0 Å². The number of hydrogen-bond donors (Lipinski definition) is 0. The van der Waals surface area contributed by atoms with E-state index in [0.717, 1.165) is 0 Å². The number of fused-ring (bicyclic) bond motifs is 1. The molecule has 1 aromatic carbocycles. The summed E-state index contributed by atoms with van der Waals surface area (Å²) in [5, 5.41) is 0. The highest BCUT2D eigenvalue weighted by Gasteiger charge is 2.61. The van der Waals surface area contributed by atoms with Crippen LogP contribution in [0.4, 0.5) is 0 Å². The van der Waals surface area contributed by atoms with E-state index in [1.165, 1.54) is 0 Å². The summed E-state index contributed by atoms with van der Waals surface area (Å²) in [6, 6.07) is 8.89. The minimum absolute atomic E-state index is 0.00599. The van der Waals surface area contributed by atoms with Gasteiger partial charge < -0.3 is 23.7 Å². The van der Waals surface area contributed by atoms with Gasteiger partial charge in [-0.15, -0.1) is 0 Å². The Hall–Kier alpha value is -1.47. The Kier molecular flexibility index (Phi) is 3.39. The zero-order chi connectivity index (χ0) is 14.2. The Labute approximate surface area is 121 Å². The number of esters is 1. The van der Waals surface area contributed by atoms with Gasteiger partial charge in [0.2, 0.25) is 0 Å². The van der Waals surface area contributed by atoms with Crippen LogP contribution < -0.4 is 0 Å². The molecule has 4 atom stereocenters. The smallest absolute Gasteiger partial charge is 0.338 e. The van der Waals surface area contributed by atoms with Crippen molar-refractivity contribution in [3.05, 3.63) is 35.9 Å². The Bertz CT molecular complexity index is 512. The number of hydrogen-bond acceptors (Lipinski definition) is 6. The van der Waals surface area contributed by atoms with Crippen LogP contribution in [0.15, 0.2) is 30.3 Å². The SMILES string of the molecule is O=C(OC[C@@H]1O[C@@H](C2OCCO2)[C@@H]2O[C@@H]21)c1ccccc1. The zero-order valence-electron chi connectivity index (χ0n) is 11.3. The van der Waals surface area contributed by atoms with Gasteiger partial charge in [0.25, 0.3) is 0 Å². The first-order chi connectivity index (χ1) is 10.3. The van der Waals surface area contributed by atoms with Gasteiger partial charge in [0.15, 0.2) is 6.29 Å². The number of ether oxygens (including phenoxy) is 5. The largest absolute Gasteiger partial charge is 0.459 e. The second-order valence-electron chi connectivity index (χ2n) is 5.28. The number of carbonyl (C=O) groups excluding carboxylic acids is 1. The van der Waals surface area contributed by atoms with Crippen LogP contribution in [0, 0.1) is 0 Å². The summed E-state index contributed by atoms with van der Waals surface area (Å²) >= 11 is 0. The molecule has 3 aliphatic heterocycles. The molecule has 6 heteroatoms. The van der Waals surface area contributed by atoms with Crippen molar-refractivity contribution in [1.29, 1.82) is 0 Å². The van der Waals surface area contributed by atoms with E-state index in [9.17, 15) is 4.79 Å². The Balaban J connectivity index is 1.31. The van der Waals surface area contributed by atoms with Crippen molar-refractivity contribution in [2.24, 2.45) is 0 Å². The molecule has 0 bridgehead atoms. The second kappa shape index (κ2) is 5.38. The third-order valence-corrected chi connectivity index (χ3v) is 3.89. The van der Waals surface area contributed by atoms with E-state index in [2.05, 4.69) is 0 Å². The van der Waals surface area contributed by atoms with Gasteiger partial charge in [-0.05, 0) is 12.1 Å². The average molecular weight is 292 g/mol. The number of benzene rings is 1. The Morgan fingerprint density at radius 2 is 1.81 bits per heavy atom. The van der Waals surface area contributed by atoms with E-state index >= 15 is 0 Å². The maximum Gasteiger partial charge on any atom is 0.338 e. The van der Waals surface area contributed by atoms with Crippen molar-refractivity contribution < 1.29 is 28.5 Å². The molecule has 0 N–H and O–H groups in total. The number of epoxide rings is 1. The van der Waals surface area contributed by atoms with Gasteiger partial charge in [-0.2, -0.15) is 0 Å². The second-order valence-corrected chi connectivity index (χ2v) is 5.28. The van der Waals surface area contributed by atoms with Crippen molar-refractivity contribution in [3.63, 3.8) is 0 Å². The summed E-state index contributed by atoms with van der Waals surface area (Å²) in [6.07, 6.45) is -0.867. The molecular weight excluding hydrogens is 276 g/mol. The van der Waals surface area contributed by atoms with Crippen LogP contribution in [0.2, 0.25) is 0 Å². The third kappa shape index (κ3) is 2.55. The number of rotatable bonds is 4. The highest BCUT2D eigenvalue weighted by molar-refractivity contribution is 5.89. The van der Waals surface area contributed by atoms with E-state index in [-0.39, 0.29) is 43.3 Å². The van der Waals surface area contributed by atoms with Crippen LogP contribution in [0.1, 0.15) is 10.4 Å². The summed E-state index contributed by atoms with van der Waals surface area (Å²) in [5.41, 5.74) is 0.530. The lowest BCUT2D eigenvalue weighted by Gasteiger charge is -2.21. The highest BCUT2D eigenvalue weighted by Crippen LogP contribution is 2.42. The normalized spacial score (nSPS) is 34.7. The van der Waals surface area contributed by atoms with E-state index in [1.54, 1.807) is 24.3 Å². The summed E-state index contributed by atoms with van der Waals surface area (Å²) in [6.45, 7) is 1.34. The first-order valence-electron chi connectivity index (χ1n) is 7.09. The summed E-state index contributed by atoms with van der Waals surface area (Å²) in [7, 11) is 0. The molecule has 3 fully saturated rings. The van der Waals surface area contributed by atoms with Crippen LogP contribution in [0.25, 0.3) is 0 Å². The van der Waals surface area contributed by atoms with Gasteiger partial charge in [-0.3, -0.25) is 0 Å². The predicted molar refractivity (Wildman–Crippen MR) is 69.7 cm³/mol. The van der Waals surface area contributed by atoms with Crippen molar-refractivity contribution >= 4 is 5.97 Å². The van der Waals surface area contributed by atoms with Crippen LogP contribution in [-0.4, -0.2) is 56.5 Å². The van der Waals surface area contributed by atoms with Crippen molar-refractivity contribution in [2.45, 2.75) is 30.7 Å². The minimum atomic E-state index is -0.366. The molecule has 0 unspecified atom stereocenters. The van der Waals surface area contributed by atoms with Gasteiger partial charge in [0, 0.05) is 0 Å². The highest BCUT2D eigenvalue weighted by atomic mass is 16.8. The standard InChI is InChI=1S/C15H16O6/c16-14(9-4-2-1-3-5-9)19-8-10-11-12(21-11)13(20-10)15-17-6-7-18-15/h1-5,10-13,15H,6-8H2/t10-,11+,12+,13+/m0/s1. The van der Waals surface area contributed by atoms with Gasteiger partial charge >= 0.3 is 5.97 Å². The molecule has 0 spiro atoms. The number of carbonyl (C=O) groups is 1. The van der Waals surface area contributed by atoms with Gasteiger partial charge in [-0.25, -0.2) is 4.79 Å². The van der Waals surface area contributed by atoms with Gasteiger partial charge in [-0.1, -0.05) is 18.2 Å². The molecule has 0 radical (unpaired) electrons. The van der Waals surface area contributed by atoms with Crippen LogP contribution in [-0.2, 0) is 23.7 Å². The zero-order valence-corrected chi connectivity index (χ0v) is 11.3. The third-order valence-electron chi connectivity index (χ3n) is 3.89. The lowest BCUT2D eigenvalue weighted by Crippen LogP contribution is -2.34. The van der Waals surface area contributed by atoms with Gasteiger partial charge in [0.05, 0.1) is 18.8 Å². The molecule has 112 valence electrons. The lowest BCUT2D eigenvalue weighted by atomic mass is 10.2. The molecule has 0 saturated carbocycles. The summed E-state index contributed by atoms with van der Waals surface area (Å²) in [5.74, 6) is -0.354. The monoisotopic (exact) mass is 292 g/mol. The fourth-order valence-electron chi connectivity index (χ4n) is 2.79. The predicted octanol–water partition coefficient (Wildman–Crippen LogP) is 0.751. The lowest BCUT2D eigenvalue weighted by molar-refractivity contribution is -0.169. The molecule has 21 heavy (non-hydrogen) atoms. The molecule has 0 aromatic heterocycles. The average Bonchev–Trinajstić information content (AvgIpc) is 2.98. The Morgan fingerprint density at radius 1 is 1.05 bits per heavy atom. The fraction of sp³-hybridized carbons (Fsp3) is 0.533. The van der Waals surface area contributed by atoms with Crippen molar-refractivity contribution in [1.82, 2.24) is 0 Å². The maximum atomic E-state index is 11.9. The molecule has 4 rings (SSSR count). The molecule has 0 aliphatic carbocycles. The maximum absolute atomic E-state index is 11.9. The van der Waals surface area contributed by atoms with E-state index in [4.69, 9.17) is 23.7 Å². The first kappa shape index (κ1) is 13.2. The molecular formula is C15H16O6. The molecule has 0 amide bonds. The molecule has 1 aromatic rings. The van der Waals surface area contributed by atoms with Crippen molar-refractivity contribution in [2.75, 3.05) is 19.8 Å². The quantitative estimate of drug-likeness (QED) is 0.603. The van der Waals surface area contributed by atoms with Crippen molar-refractivity contribution in [3.8, 4) is 0 Å². The summed E-state index contributed by atoms with van der Waals surface area (Å²) < 4.78 is 27.6. The van der Waals surface area contributed by atoms with E-state index in [0.29, 0.717) is 18.8 Å². The molecule has 3 heterocycles. The van der Waals surface area contributed by atoms with E-state index < -0.39 is 0 Å². The van der Waals surface area contributed by atoms with Gasteiger partial charge in [0.1, 0.15) is 31.0 Å². The topological polar surface area (TPSA) is 66.5 Å². The minimum Gasteiger partial charge on any atom is -0.459 e. The molecule has 3 saturated heterocycles. The van der Waals surface area contributed by atoms with E-state index in [1.807, 2.05) is 6.07 Å². The fourth-order valence-corrected chi connectivity index (χ4v) is 2.79. The summed E-state index contributed by atoms with van der Waals surface area (Å²) in [4.78, 5) is 11.9.